The fourth-order valence-corrected chi connectivity index (χ4v) is 3.01. The number of hydrogen-bond acceptors (Lipinski definition) is 3. The van der Waals surface area contributed by atoms with Gasteiger partial charge in [-0.05, 0) is 44.8 Å². The van der Waals surface area contributed by atoms with Gasteiger partial charge in [-0.15, -0.1) is 0 Å². The average molecular weight is 290 g/mol. The second kappa shape index (κ2) is 7.57. The molecular weight excluding hydrogens is 264 g/mol. The first-order chi connectivity index (χ1) is 10.2. The smallest absolute Gasteiger partial charge is 0.228 e. The van der Waals surface area contributed by atoms with Crippen LogP contribution >= 0.6 is 0 Å². The molecule has 1 aliphatic heterocycles. The van der Waals surface area contributed by atoms with Crippen LogP contribution in [0, 0.1) is 5.41 Å². The van der Waals surface area contributed by atoms with Gasteiger partial charge in [-0.1, -0.05) is 30.3 Å². The molecule has 1 aliphatic rings. The quantitative estimate of drug-likeness (QED) is 0.839. The van der Waals surface area contributed by atoms with Crippen LogP contribution in [0.25, 0.3) is 0 Å². The van der Waals surface area contributed by atoms with E-state index in [1.807, 2.05) is 18.2 Å². The van der Waals surface area contributed by atoms with E-state index >= 15 is 0 Å². The number of piperidine rings is 1. The topological polar surface area (TPSA) is 50.4 Å². The van der Waals surface area contributed by atoms with Crippen LogP contribution < -0.4 is 10.6 Å². The maximum Gasteiger partial charge on any atom is 0.228 e. The van der Waals surface area contributed by atoms with Crippen molar-refractivity contribution in [3.05, 3.63) is 35.9 Å². The molecule has 0 radical (unpaired) electrons. The molecule has 1 aromatic rings. The molecule has 0 bridgehead atoms. The second-order valence-corrected chi connectivity index (χ2v) is 6.03. The van der Waals surface area contributed by atoms with Gasteiger partial charge in [0.25, 0.3) is 0 Å². The fraction of sp³-hybridized carbons (Fsp3) is 0.588. The molecular formula is C17H26N2O2. The van der Waals surface area contributed by atoms with Gasteiger partial charge in [-0.25, -0.2) is 0 Å². The zero-order valence-electron chi connectivity index (χ0n) is 13.0. The minimum absolute atomic E-state index is 0.128. The molecule has 0 aromatic heterocycles. The number of nitrogens with one attached hydrogen (secondary N) is 2. The highest BCUT2D eigenvalue weighted by Gasteiger charge is 2.39. The highest BCUT2D eigenvalue weighted by molar-refractivity contribution is 5.83. The lowest BCUT2D eigenvalue weighted by Gasteiger charge is -2.36. The van der Waals surface area contributed by atoms with Crippen molar-refractivity contribution in [1.82, 2.24) is 10.6 Å². The number of hydrogen-bond donors (Lipinski definition) is 2. The van der Waals surface area contributed by atoms with Crippen molar-refractivity contribution in [2.75, 3.05) is 26.8 Å². The predicted octanol–water partition coefficient (Wildman–Crippen LogP) is 1.75. The van der Waals surface area contributed by atoms with Crippen molar-refractivity contribution in [2.24, 2.45) is 5.41 Å². The number of ether oxygens (including phenoxy) is 1. The van der Waals surface area contributed by atoms with Crippen LogP contribution in [0.2, 0.25) is 0 Å². The van der Waals surface area contributed by atoms with E-state index in [2.05, 4.69) is 29.7 Å². The lowest BCUT2D eigenvalue weighted by atomic mass is 9.78. The third kappa shape index (κ3) is 4.29. The Balaban J connectivity index is 1.94. The largest absolute Gasteiger partial charge is 0.384 e. The number of amides is 1. The van der Waals surface area contributed by atoms with Crippen LogP contribution in [0.4, 0.5) is 0 Å². The monoisotopic (exact) mass is 290 g/mol. The molecule has 1 fully saturated rings. The van der Waals surface area contributed by atoms with Crippen LogP contribution in [0.1, 0.15) is 25.3 Å². The van der Waals surface area contributed by atoms with Crippen LogP contribution in [0.3, 0.4) is 0 Å². The summed E-state index contributed by atoms with van der Waals surface area (Å²) >= 11 is 0. The molecule has 2 rings (SSSR count). The van der Waals surface area contributed by atoms with Crippen LogP contribution in [0.15, 0.2) is 30.3 Å². The normalized spacial score (nSPS) is 19.0. The third-order valence-corrected chi connectivity index (χ3v) is 4.23. The minimum atomic E-state index is -0.370. The summed E-state index contributed by atoms with van der Waals surface area (Å²) < 4.78 is 5.32. The SMILES string of the molecule is COCC1(C(=O)NC(C)Cc2ccccc2)CCNCC1. The van der Waals surface area contributed by atoms with E-state index in [4.69, 9.17) is 4.74 Å². The summed E-state index contributed by atoms with van der Waals surface area (Å²) in [6.45, 7) is 4.32. The predicted molar refractivity (Wildman–Crippen MR) is 84.2 cm³/mol. The van der Waals surface area contributed by atoms with E-state index in [0.29, 0.717) is 6.61 Å². The molecule has 2 N–H and O–H groups in total. The van der Waals surface area contributed by atoms with Gasteiger partial charge in [0.1, 0.15) is 0 Å². The Morgan fingerprint density at radius 2 is 2.00 bits per heavy atom. The minimum Gasteiger partial charge on any atom is -0.384 e. The second-order valence-electron chi connectivity index (χ2n) is 6.03. The summed E-state index contributed by atoms with van der Waals surface area (Å²) in [6, 6.07) is 10.4. The van der Waals surface area contributed by atoms with Crippen molar-refractivity contribution in [3.8, 4) is 0 Å². The van der Waals surface area contributed by atoms with E-state index in [9.17, 15) is 4.79 Å². The molecule has 116 valence electrons. The summed E-state index contributed by atoms with van der Waals surface area (Å²) in [7, 11) is 1.67. The van der Waals surface area contributed by atoms with Gasteiger partial charge in [0, 0.05) is 13.2 Å². The number of carbonyl (C=O) groups is 1. The maximum atomic E-state index is 12.7. The first kappa shape index (κ1) is 16.0. The maximum absolute atomic E-state index is 12.7. The number of methoxy groups -OCH3 is 1. The molecule has 1 unspecified atom stereocenters. The molecule has 0 aliphatic carbocycles. The molecule has 1 atom stereocenters. The first-order valence-corrected chi connectivity index (χ1v) is 7.71. The van der Waals surface area contributed by atoms with Crippen molar-refractivity contribution in [2.45, 2.75) is 32.2 Å². The summed E-state index contributed by atoms with van der Waals surface area (Å²) in [5, 5.41) is 6.49. The van der Waals surface area contributed by atoms with E-state index in [-0.39, 0.29) is 17.4 Å². The van der Waals surface area contributed by atoms with Gasteiger partial charge in [0.2, 0.25) is 5.91 Å². The Labute approximate surface area is 127 Å². The molecule has 0 saturated carbocycles. The molecule has 1 aromatic carbocycles. The van der Waals surface area contributed by atoms with E-state index in [1.165, 1.54) is 5.56 Å². The van der Waals surface area contributed by atoms with Crippen LogP contribution in [-0.4, -0.2) is 38.8 Å². The van der Waals surface area contributed by atoms with Crippen molar-refractivity contribution < 1.29 is 9.53 Å². The highest BCUT2D eigenvalue weighted by Crippen LogP contribution is 2.29. The Morgan fingerprint density at radius 1 is 1.33 bits per heavy atom. The molecule has 21 heavy (non-hydrogen) atoms. The zero-order chi connectivity index (χ0) is 15.1. The van der Waals surface area contributed by atoms with Crippen LogP contribution in [-0.2, 0) is 16.0 Å². The van der Waals surface area contributed by atoms with E-state index in [0.717, 1.165) is 32.4 Å². The Hall–Kier alpha value is -1.39. The summed E-state index contributed by atoms with van der Waals surface area (Å²) in [5.74, 6) is 0.134. The summed E-state index contributed by atoms with van der Waals surface area (Å²) in [4.78, 5) is 12.7. The lowest BCUT2D eigenvalue weighted by Crippen LogP contribution is -2.52. The van der Waals surface area contributed by atoms with Gasteiger partial charge >= 0.3 is 0 Å². The van der Waals surface area contributed by atoms with Crippen molar-refractivity contribution >= 4 is 5.91 Å². The first-order valence-electron chi connectivity index (χ1n) is 7.71. The Bertz CT molecular complexity index is 436. The van der Waals surface area contributed by atoms with Gasteiger partial charge in [-0.3, -0.25) is 4.79 Å². The highest BCUT2D eigenvalue weighted by atomic mass is 16.5. The summed E-state index contributed by atoms with van der Waals surface area (Å²) in [6.07, 6.45) is 2.53. The molecule has 1 amide bonds. The van der Waals surface area contributed by atoms with Crippen molar-refractivity contribution in [1.29, 1.82) is 0 Å². The zero-order valence-corrected chi connectivity index (χ0v) is 13.0. The lowest BCUT2D eigenvalue weighted by molar-refractivity contribution is -0.136. The fourth-order valence-electron chi connectivity index (χ4n) is 3.01. The van der Waals surface area contributed by atoms with Crippen molar-refractivity contribution in [3.63, 3.8) is 0 Å². The number of benzene rings is 1. The molecule has 1 saturated heterocycles. The van der Waals surface area contributed by atoms with Gasteiger partial charge in [0.15, 0.2) is 0 Å². The van der Waals surface area contributed by atoms with Crippen LogP contribution in [0.5, 0.6) is 0 Å². The molecule has 4 heteroatoms. The molecule has 1 heterocycles. The van der Waals surface area contributed by atoms with E-state index in [1.54, 1.807) is 7.11 Å². The number of rotatable bonds is 6. The van der Waals surface area contributed by atoms with Gasteiger partial charge < -0.3 is 15.4 Å². The van der Waals surface area contributed by atoms with Gasteiger partial charge in [-0.2, -0.15) is 0 Å². The summed E-state index contributed by atoms with van der Waals surface area (Å²) in [5.41, 5.74) is 0.877. The average Bonchev–Trinajstić information content (AvgIpc) is 2.49. The Kier molecular flexibility index (Phi) is 5.76. The molecule has 0 spiro atoms. The molecule has 4 nitrogen and oxygen atoms in total. The van der Waals surface area contributed by atoms with E-state index < -0.39 is 0 Å². The number of carbonyl (C=O) groups excluding carboxylic acids is 1. The van der Waals surface area contributed by atoms with Gasteiger partial charge in [0.05, 0.1) is 12.0 Å². The Morgan fingerprint density at radius 3 is 2.62 bits per heavy atom. The third-order valence-electron chi connectivity index (χ3n) is 4.23. The standard InChI is InChI=1S/C17H26N2O2/c1-14(12-15-6-4-3-5-7-15)19-16(20)17(13-21-2)8-10-18-11-9-17/h3-7,14,18H,8-13H2,1-2H3,(H,19,20).